The average molecular weight is 485 g/mol. The van der Waals surface area contributed by atoms with Crippen LogP contribution in [-0.4, -0.2) is 33.4 Å². The number of carbonyl (C=O) groups excluding carboxylic acids is 2. The number of anilines is 2. The van der Waals surface area contributed by atoms with Crippen molar-refractivity contribution in [3.8, 4) is 0 Å². The summed E-state index contributed by atoms with van der Waals surface area (Å²) in [4.78, 5) is 24.7. The number of halogens is 1. The Hall–Kier alpha value is -3.36. The Kier molecular flexibility index (Phi) is 6.14. The molecule has 4 rings (SSSR count). The molecule has 1 amide bonds. The maximum Gasteiger partial charge on any atom is 0.339 e. The first-order chi connectivity index (χ1) is 15.7. The summed E-state index contributed by atoms with van der Waals surface area (Å²) in [5.41, 5.74) is 2.20. The number of rotatable bonds is 5. The number of nitrogens with zero attached hydrogens (tertiary/aromatic N) is 1. The van der Waals surface area contributed by atoms with E-state index in [2.05, 4.69) is 10.1 Å². The summed E-state index contributed by atoms with van der Waals surface area (Å²) in [6, 6.07) is 17.4. The second kappa shape index (κ2) is 8.88. The smallest absolute Gasteiger partial charge is 0.339 e. The van der Waals surface area contributed by atoms with Gasteiger partial charge in [0.2, 0.25) is 0 Å². The number of fused-ring (bicyclic) bond motifs is 1. The fourth-order valence-corrected chi connectivity index (χ4v) is 5.82. The third-order valence-electron chi connectivity index (χ3n) is 5.43. The largest absolute Gasteiger partial charge is 0.465 e. The molecule has 0 aromatic heterocycles. The van der Waals surface area contributed by atoms with Crippen LogP contribution in [0, 0.1) is 0 Å². The molecule has 3 aromatic carbocycles. The number of esters is 1. The molecule has 1 aliphatic rings. The Balaban J connectivity index is 1.62. The number of ether oxygens (including phenoxy) is 1. The van der Waals surface area contributed by atoms with Gasteiger partial charge in [0, 0.05) is 17.3 Å². The van der Waals surface area contributed by atoms with Crippen LogP contribution in [0.15, 0.2) is 71.6 Å². The summed E-state index contributed by atoms with van der Waals surface area (Å²) >= 11 is 6.02. The van der Waals surface area contributed by atoms with Crippen molar-refractivity contribution in [3.63, 3.8) is 0 Å². The molecule has 7 nitrogen and oxygen atoms in total. The summed E-state index contributed by atoms with van der Waals surface area (Å²) in [5, 5.41) is 2.85. The average Bonchev–Trinajstić information content (AvgIpc) is 3.16. The van der Waals surface area contributed by atoms with Gasteiger partial charge in [-0.2, -0.15) is 0 Å². The predicted octanol–water partition coefficient (Wildman–Crippen LogP) is 4.52. The number of sulfonamides is 1. The molecule has 33 heavy (non-hydrogen) atoms. The maximum atomic E-state index is 13.5. The van der Waals surface area contributed by atoms with Crippen molar-refractivity contribution < 1.29 is 22.7 Å². The number of methoxy groups -OCH3 is 1. The molecule has 170 valence electrons. The zero-order chi connectivity index (χ0) is 23.8. The van der Waals surface area contributed by atoms with E-state index >= 15 is 0 Å². The first-order valence-corrected chi connectivity index (χ1v) is 12.0. The van der Waals surface area contributed by atoms with Crippen molar-refractivity contribution in [1.29, 1.82) is 0 Å². The highest BCUT2D eigenvalue weighted by Crippen LogP contribution is 2.36. The fraction of sp³-hybridized carbons (Fsp3) is 0.167. The van der Waals surface area contributed by atoms with Crippen LogP contribution in [0.5, 0.6) is 0 Å². The van der Waals surface area contributed by atoms with Gasteiger partial charge < -0.3 is 10.1 Å². The predicted molar refractivity (Wildman–Crippen MR) is 126 cm³/mol. The minimum atomic E-state index is -3.88. The van der Waals surface area contributed by atoms with Gasteiger partial charge in [-0.3, -0.25) is 9.10 Å². The first kappa shape index (κ1) is 22.8. The van der Waals surface area contributed by atoms with Gasteiger partial charge in [-0.25, -0.2) is 13.2 Å². The van der Waals surface area contributed by atoms with Crippen molar-refractivity contribution in [1.82, 2.24) is 0 Å². The Labute approximate surface area is 197 Å². The molecule has 0 bridgehead atoms. The molecule has 0 radical (unpaired) electrons. The van der Waals surface area contributed by atoms with Crippen LogP contribution >= 0.6 is 11.6 Å². The van der Waals surface area contributed by atoms with Gasteiger partial charge >= 0.3 is 5.97 Å². The number of carbonyl (C=O) groups is 2. The van der Waals surface area contributed by atoms with Crippen LogP contribution in [-0.2, 0) is 21.2 Å². The molecule has 3 aromatic rings. The quantitative estimate of drug-likeness (QED) is 0.537. The lowest BCUT2D eigenvalue weighted by Crippen LogP contribution is -2.35. The van der Waals surface area contributed by atoms with E-state index in [1.165, 1.54) is 53.9 Å². The van der Waals surface area contributed by atoms with E-state index in [-0.39, 0.29) is 27.1 Å². The van der Waals surface area contributed by atoms with E-state index in [1.807, 2.05) is 19.1 Å². The van der Waals surface area contributed by atoms with Gasteiger partial charge in [0.15, 0.2) is 0 Å². The van der Waals surface area contributed by atoms with Crippen LogP contribution in [0.1, 0.15) is 33.2 Å². The van der Waals surface area contributed by atoms with Gasteiger partial charge in [-0.1, -0.05) is 35.9 Å². The van der Waals surface area contributed by atoms with Crippen LogP contribution in [0.4, 0.5) is 11.4 Å². The highest BCUT2D eigenvalue weighted by molar-refractivity contribution is 7.92. The summed E-state index contributed by atoms with van der Waals surface area (Å²) in [7, 11) is -2.65. The van der Waals surface area contributed by atoms with Gasteiger partial charge in [0.05, 0.1) is 28.3 Å². The third-order valence-corrected chi connectivity index (χ3v) is 7.68. The minimum Gasteiger partial charge on any atom is -0.465 e. The lowest BCUT2D eigenvalue weighted by molar-refractivity contribution is 0.0600. The second-order valence-electron chi connectivity index (χ2n) is 7.65. The van der Waals surface area contributed by atoms with Crippen molar-refractivity contribution in [3.05, 3.63) is 88.4 Å². The van der Waals surface area contributed by atoms with Crippen molar-refractivity contribution in [2.75, 3.05) is 16.7 Å². The van der Waals surface area contributed by atoms with Gasteiger partial charge in [0.25, 0.3) is 15.9 Å². The number of nitrogens with one attached hydrogen (secondary N) is 1. The van der Waals surface area contributed by atoms with Gasteiger partial charge in [-0.15, -0.1) is 0 Å². The van der Waals surface area contributed by atoms with Crippen molar-refractivity contribution in [2.24, 2.45) is 0 Å². The summed E-state index contributed by atoms with van der Waals surface area (Å²) < 4.78 is 33.0. The SMILES string of the molecule is COC(=O)c1cc(NC(=O)c2cccc(S(=O)(=O)N3c4ccccc4CC3C)c2)ccc1Cl. The van der Waals surface area contributed by atoms with E-state index in [1.54, 1.807) is 12.1 Å². The molecule has 9 heteroatoms. The summed E-state index contributed by atoms with van der Waals surface area (Å²) in [6.45, 7) is 1.85. The fourth-order valence-electron chi connectivity index (χ4n) is 3.89. The summed E-state index contributed by atoms with van der Waals surface area (Å²) in [6.07, 6.45) is 0.620. The number of hydrogen-bond donors (Lipinski definition) is 1. The first-order valence-electron chi connectivity index (χ1n) is 10.1. The van der Waals surface area contributed by atoms with Crippen LogP contribution in [0.3, 0.4) is 0 Å². The molecular weight excluding hydrogens is 464 g/mol. The van der Waals surface area contributed by atoms with E-state index in [4.69, 9.17) is 11.6 Å². The molecule has 1 unspecified atom stereocenters. The molecule has 1 aliphatic heterocycles. The molecule has 0 aliphatic carbocycles. The van der Waals surface area contributed by atoms with E-state index in [0.29, 0.717) is 17.8 Å². The van der Waals surface area contributed by atoms with Gasteiger partial charge in [-0.05, 0) is 61.4 Å². The van der Waals surface area contributed by atoms with E-state index in [9.17, 15) is 18.0 Å². The second-order valence-corrected chi connectivity index (χ2v) is 9.87. The zero-order valence-corrected chi connectivity index (χ0v) is 19.5. The van der Waals surface area contributed by atoms with Gasteiger partial charge in [0.1, 0.15) is 0 Å². The van der Waals surface area contributed by atoms with Crippen LogP contribution in [0.2, 0.25) is 5.02 Å². The van der Waals surface area contributed by atoms with Crippen LogP contribution < -0.4 is 9.62 Å². The Morgan fingerprint density at radius 2 is 1.82 bits per heavy atom. The topological polar surface area (TPSA) is 92.8 Å². The number of para-hydroxylation sites is 1. The third kappa shape index (κ3) is 4.31. The normalized spacial score (nSPS) is 15.1. The number of benzene rings is 3. The molecule has 0 saturated heterocycles. The highest BCUT2D eigenvalue weighted by Gasteiger charge is 2.36. The molecule has 1 atom stereocenters. The van der Waals surface area contributed by atoms with E-state index in [0.717, 1.165) is 5.56 Å². The number of amides is 1. The molecule has 0 fully saturated rings. The Bertz CT molecular complexity index is 1360. The highest BCUT2D eigenvalue weighted by atomic mass is 35.5. The minimum absolute atomic E-state index is 0.0186. The Morgan fingerprint density at radius 1 is 1.06 bits per heavy atom. The summed E-state index contributed by atoms with van der Waals surface area (Å²) in [5.74, 6) is -1.16. The monoisotopic (exact) mass is 484 g/mol. The maximum absolute atomic E-state index is 13.5. The number of hydrogen-bond acceptors (Lipinski definition) is 5. The molecule has 0 saturated carbocycles. The standard InChI is InChI=1S/C24H21ClN2O5S/c1-15-12-16-6-3-4-9-22(16)27(15)33(30,31)19-8-5-7-17(13-19)23(28)26-18-10-11-21(25)20(14-18)24(29)32-2/h3-11,13-15H,12H2,1-2H3,(H,26,28). The molecule has 1 heterocycles. The molecule has 1 N–H and O–H groups in total. The Morgan fingerprint density at radius 3 is 2.58 bits per heavy atom. The lowest BCUT2D eigenvalue weighted by atomic mass is 10.1. The lowest BCUT2D eigenvalue weighted by Gasteiger charge is -2.24. The van der Waals surface area contributed by atoms with Crippen LogP contribution in [0.25, 0.3) is 0 Å². The van der Waals surface area contributed by atoms with Crippen molar-refractivity contribution >= 4 is 44.9 Å². The molecule has 0 spiro atoms. The van der Waals surface area contributed by atoms with Crippen molar-refractivity contribution in [2.45, 2.75) is 24.3 Å². The molecular formula is C24H21ClN2O5S. The zero-order valence-electron chi connectivity index (χ0n) is 17.9. The van der Waals surface area contributed by atoms with E-state index < -0.39 is 21.9 Å².